The van der Waals surface area contributed by atoms with E-state index in [2.05, 4.69) is 15.5 Å². The molecule has 0 saturated carbocycles. The molecule has 196 valence electrons. The summed E-state index contributed by atoms with van der Waals surface area (Å²) in [5.41, 5.74) is 3.21. The largest absolute Gasteiger partial charge is 0.478 e. The van der Waals surface area contributed by atoms with Crippen LogP contribution in [-0.4, -0.2) is 99.6 Å². The number of hydrogen-bond acceptors (Lipinski definition) is 13. The lowest BCUT2D eigenvalue weighted by atomic mass is 10.1. The van der Waals surface area contributed by atoms with Crippen LogP contribution in [0.15, 0.2) is 10.5 Å². The summed E-state index contributed by atoms with van der Waals surface area (Å²) >= 11 is 0.959. The van der Waals surface area contributed by atoms with E-state index in [1.807, 2.05) is 0 Å². The number of aliphatic carboxylic acids is 1. The van der Waals surface area contributed by atoms with E-state index in [1.54, 1.807) is 4.72 Å². The lowest BCUT2D eigenvalue weighted by Crippen LogP contribution is -2.68. The second kappa shape index (κ2) is 9.54. The Kier molecular flexibility index (Phi) is 7.04. The number of carboxylic acid groups (broad SMARTS) is 1. The maximum absolute atomic E-state index is 12.8. The monoisotopic (exact) mass is 547 g/mol. The molecular weight excluding hydrogens is 526 g/mol. The highest BCUT2D eigenvalue weighted by Gasteiger charge is 2.45. The van der Waals surface area contributed by atoms with Gasteiger partial charge in [-0.15, -0.1) is 11.3 Å². The van der Waals surface area contributed by atoms with Gasteiger partial charge in [0.1, 0.15) is 11.7 Å². The number of hydrogen-bond donors (Lipinski definition) is 5. The maximum atomic E-state index is 12.8. The Morgan fingerprint density at radius 2 is 1.97 bits per heavy atom. The minimum atomic E-state index is -4.62. The normalized spacial score (nSPS) is 18.7. The van der Waals surface area contributed by atoms with E-state index in [-0.39, 0.29) is 23.9 Å². The average Bonchev–Trinajstić information content (AvgIpc) is 3.35. The van der Waals surface area contributed by atoms with Gasteiger partial charge >= 0.3 is 28.2 Å². The van der Waals surface area contributed by atoms with Crippen LogP contribution < -0.4 is 21.6 Å². The number of amides is 6. The van der Waals surface area contributed by atoms with E-state index in [1.165, 1.54) is 19.2 Å². The van der Waals surface area contributed by atoms with E-state index >= 15 is 0 Å². The van der Waals surface area contributed by atoms with Crippen molar-refractivity contribution in [3.05, 3.63) is 11.1 Å². The Balaban J connectivity index is 1.66. The topological polar surface area (TPSA) is 260 Å². The third kappa shape index (κ3) is 5.28. The third-order valence-corrected chi connectivity index (χ3v) is 6.87. The Morgan fingerprint density at radius 3 is 2.47 bits per heavy atom. The van der Waals surface area contributed by atoms with Crippen molar-refractivity contribution in [1.29, 1.82) is 0 Å². The van der Waals surface area contributed by atoms with Crippen LogP contribution in [0.2, 0.25) is 0 Å². The molecule has 3 rings (SSSR count). The molecule has 1 aromatic heterocycles. The summed E-state index contributed by atoms with van der Waals surface area (Å²) in [5, 5.41) is 17.1. The molecule has 0 bridgehead atoms. The van der Waals surface area contributed by atoms with E-state index in [4.69, 9.17) is 21.5 Å². The summed E-state index contributed by atoms with van der Waals surface area (Å²) in [6.45, 7) is 1.56. The lowest BCUT2D eigenvalue weighted by Gasteiger charge is -2.36. The molecule has 0 spiro atoms. The van der Waals surface area contributed by atoms with Crippen LogP contribution in [0.3, 0.4) is 0 Å². The maximum Gasteiger partial charge on any atom is 0.350 e. The molecule has 1 atom stereocenters. The number of urea groups is 2. The molecular formula is C16H21N9O9S2. The number of thiazole rings is 1. The van der Waals surface area contributed by atoms with Gasteiger partial charge in [0.2, 0.25) is 5.60 Å². The highest BCUT2D eigenvalue weighted by atomic mass is 32.2. The number of nitrogens with two attached hydrogens (primary N) is 2. The molecule has 36 heavy (non-hydrogen) atoms. The van der Waals surface area contributed by atoms with Gasteiger partial charge in [-0.3, -0.25) is 19.5 Å². The number of aromatic nitrogens is 1. The van der Waals surface area contributed by atoms with Crippen molar-refractivity contribution in [2.75, 3.05) is 25.4 Å². The Bertz CT molecular complexity index is 1260. The lowest BCUT2D eigenvalue weighted by molar-refractivity contribution is -0.161. The van der Waals surface area contributed by atoms with Gasteiger partial charge in [-0.05, 0) is 13.8 Å². The number of hydrazine groups is 1. The first-order chi connectivity index (χ1) is 16.6. The molecule has 2 aliphatic rings. The number of nitrogen functional groups attached to an aromatic ring is 1. The Morgan fingerprint density at radius 1 is 1.31 bits per heavy atom. The second-order valence-electron chi connectivity index (χ2n) is 7.85. The van der Waals surface area contributed by atoms with Crippen LogP contribution in [-0.2, 0) is 29.4 Å². The smallest absolute Gasteiger partial charge is 0.350 e. The van der Waals surface area contributed by atoms with Crippen LogP contribution in [0.5, 0.6) is 0 Å². The van der Waals surface area contributed by atoms with E-state index < -0.39 is 64.0 Å². The molecule has 7 N–H and O–H groups in total. The molecule has 0 radical (unpaired) electrons. The van der Waals surface area contributed by atoms with Crippen molar-refractivity contribution in [2.45, 2.75) is 25.5 Å². The van der Waals surface area contributed by atoms with Gasteiger partial charge in [0, 0.05) is 5.38 Å². The summed E-state index contributed by atoms with van der Waals surface area (Å²) in [7, 11) is -4.62. The van der Waals surface area contributed by atoms with Gasteiger partial charge in [0.25, 0.3) is 11.8 Å². The molecule has 1 aromatic rings. The van der Waals surface area contributed by atoms with Gasteiger partial charge in [0.15, 0.2) is 10.8 Å². The van der Waals surface area contributed by atoms with Gasteiger partial charge in [-0.25, -0.2) is 34.2 Å². The molecule has 18 nitrogen and oxygen atoms in total. The highest BCUT2D eigenvalue weighted by Crippen LogP contribution is 2.17. The fourth-order valence-electron chi connectivity index (χ4n) is 2.72. The number of β-lactam (4-membered cyclic amide) rings is 1. The second-order valence-corrected chi connectivity index (χ2v) is 10.3. The third-order valence-electron chi connectivity index (χ3n) is 4.85. The molecule has 2 fully saturated rings. The van der Waals surface area contributed by atoms with E-state index in [9.17, 15) is 32.4 Å². The molecule has 0 unspecified atom stereocenters. The SMILES string of the molecule is CC(C)(ON=C(C(=O)N[C@H]1CN(C(=O)NS(=O)(=O)N2CCN(N)C2=O)C1=O)c1csc(N)n1)C(=O)O. The summed E-state index contributed by atoms with van der Waals surface area (Å²) < 4.78 is 26.4. The number of carbonyl (C=O) groups is 5. The minimum Gasteiger partial charge on any atom is -0.478 e. The molecule has 3 heterocycles. The summed E-state index contributed by atoms with van der Waals surface area (Å²) in [4.78, 5) is 69.8. The average molecular weight is 548 g/mol. The van der Waals surface area contributed by atoms with Crippen molar-refractivity contribution in [1.82, 2.24) is 29.2 Å². The van der Waals surface area contributed by atoms with Gasteiger partial charge in [-0.2, -0.15) is 8.42 Å². The fourth-order valence-corrected chi connectivity index (χ4v) is 4.34. The zero-order chi connectivity index (χ0) is 27.0. The number of carboxylic acids is 1. The molecule has 20 heteroatoms. The molecule has 0 aliphatic carbocycles. The number of likely N-dealkylation sites (tertiary alicyclic amines) is 1. The van der Waals surface area contributed by atoms with Gasteiger partial charge in [0.05, 0.1) is 19.6 Å². The quantitative estimate of drug-likeness (QED) is 0.0727. The van der Waals surface area contributed by atoms with Crippen molar-refractivity contribution >= 4 is 62.2 Å². The van der Waals surface area contributed by atoms with E-state index in [0.29, 0.717) is 14.2 Å². The van der Waals surface area contributed by atoms with Crippen LogP contribution in [0.25, 0.3) is 0 Å². The van der Waals surface area contributed by atoms with Crippen LogP contribution in [0.1, 0.15) is 19.5 Å². The summed E-state index contributed by atoms with van der Waals surface area (Å²) in [5.74, 6) is 1.97. The number of oxime groups is 1. The fraction of sp³-hybridized carbons (Fsp3) is 0.438. The van der Waals surface area contributed by atoms with Crippen LogP contribution >= 0.6 is 11.3 Å². The van der Waals surface area contributed by atoms with Crippen molar-refractivity contribution < 1.29 is 42.3 Å². The Labute approximate surface area is 207 Å². The number of nitrogens with one attached hydrogen (secondary N) is 2. The zero-order valence-electron chi connectivity index (χ0n) is 18.7. The first-order valence-corrected chi connectivity index (χ1v) is 12.2. The highest BCUT2D eigenvalue weighted by molar-refractivity contribution is 7.88. The predicted molar refractivity (Wildman–Crippen MR) is 120 cm³/mol. The standard InChI is InChI=1S/C16H21N9O9S2/c1-16(2,12(28)29)34-21-9(8-6-35-13(17)20-8)10(26)19-7-5-23(11(7)27)14(30)22-36(32,33)25-4-3-24(18)15(25)31/h6-7H,3-5,18H2,1-2H3,(H2,17,20)(H,19,26)(H,22,30)(H,28,29)/t7-/m0/s1. The van der Waals surface area contributed by atoms with Gasteiger partial charge in [-0.1, -0.05) is 5.16 Å². The summed E-state index contributed by atoms with van der Waals surface area (Å²) in [6, 6.07) is -3.66. The molecule has 6 amide bonds. The van der Waals surface area contributed by atoms with Crippen molar-refractivity contribution in [3.8, 4) is 0 Å². The van der Waals surface area contributed by atoms with Crippen molar-refractivity contribution in [3.63, 3.8) is 0 Å². The van der Waals surface area contributed by atoms with E-state index in [0.717, 1.165) is 11.3 Å². The zero-order valence-corrected chi connectivity index (χ0v) is 20.3. The molecule has 0 aromatic carbocycles. The van der Waals surface area contributed by atoms with Crippen LogP contribution in [0.4, 0.5) is 14.7 Å². The van der Waals surface area contributed by atoms with Crippen molar-refractivity contribution in [2.24, 2.45) is 11.0 Å². The first kappa shape index (κ1) is 26.6. The Hall–Kier alpha value is -4.04. The first-order valence-electron chi connectivity index (χ1n) is 9.88. The number of nitrogens with zero attached hydrogens (tertiary/aromatic N) is 5. The summed E-state index contributed by atoms with van der Waals surface area (Å²) in [6.07, 6.45) is 0. The number of imide groups is 1. The minimum absolute atomic E-state index is 0.0621. The number of rotatable bonds is 8. The van der Waals surface area contributed by atoms with Crippen LogP contribution in [0, 0.1) is 0 Å². The number of carbonyl (C=O) groups excluding carboxylic acids is 4. The molecule has 2 saturated heterocycles. The van der Waals surface area contributed by atoms with Gasteiger partial charge < -0.3 is 21.0 Å². The number of anilines is 1. The molecule has 2 aliphatic heterocycles. The predicted octanol–water partition coefficient (Wildman–Crippen LogP) is -2.80.